The van der Waals surface area contributed by atoms with Crippen molar-refractivity contribution in [2.45, 2.75) is 32.7 Å². The number of rotatable bonds is 15. The summed E-state index contributed by atoms with van der Waals surface area (Å²) in [5.41, 5.74) is 0.120. The summed E-state index contributed by atoms with van der Waals surface area (Å²) in [6.07, 6.45) is 0.0222. The summed E-state index contributed by atoms with van der Waals surface area (Å²) in [6.45, 7) is 11.0. The summed E-state index contributed by atoms with van der Waals surface area (Å²) in [5.74, 6) is -0.856. The zero-order valence-corrected chi connectivity index (χ0v) is 14.1. The van der Waals surface area contributed by atoms with E-state index < -0.39 is 5.97 Å². The van der Waals surface area contributed by atoms with E-state index in [-0.39, 0.29) is 18.6 Å². The summed E-state index contributed by atoms with van der Waals surface area (Å²) in [4.78, 5) is 10.2. The van der Waals surface area contributed by atoms with E-state index in [1.54, 1.807) is 0 Å². The van der Waals surface area contributed by atoms with Gasteiger partial charge in [-0.2, -0.15) is 0 Å². The predicted molar refractivity (Wildman–Crippen MR) is 83.3 cm³/mol. The lowest BCUT2D eigenvalue weighted by Crippen LogP contribution is -2.38. The van der Waals surface area contributed by atoms with E-state index in [2.05, 4.69) is 26.1 Å². The van der Waals surface area contributed by atoms with Gasteiger partial charge in [0.05, 0.1) is 59.3 Å². The highest BCUT2D eigenvalue weighted by atomic mass is 16.6. The fourth-order valence-corrected chi connectivity index (χ4v) is 1.42. The highest BCUT2D eigenvalue weighted by molar-refractivity contribution is 5.66. The van der Waals surface area contributed by atoms with E-state index >= 15 is 0 Å². The number of nitrogens with one attached hydrogen (secondary N) is 1. The number of carboxylic acid groups (broad SMARTS) is 1. The zero-order valence-electron chi connectivity index (χ0n) is 14.1. The van der Waals surface area contributed by atoms with Crippen LogP contribution in [0.15, 0.2) is 0 Å². The predicted octanol–water partition coefficient (Wildman–Crippen LogP) is 0.916. The highest BCUT2D eigenvalue weighted by Gasteiger charge is 2.06. The minimum absolute atomic E-state index is 0.0222. The molecular formula is C15H31NO6. The summed E-state index contributed by atoms with van der Waals surface area (Å²) in [7, 11) is 0. The number of ether oxygens (including phenoxy) is 4. The molecule has 0 radical (unpaired) electrons. The molecule has 0 saturated heterocycles. The molecule has 0 aromatic carbocycles. The van der Waals surface area contributed by atoms with Gasteiger partial charge in [-0.15, -0.1) is 0 Å². The van der Waals surface area contributed by atoms with Gasteiger partial charge in [-0.25, -0.2) is 0 Å². The first-order valence-electron chi connectivity index (χ1n) is 7.69. The Kier molecular flexibility index (Phi) is 13.4. The van der Waals surface area contributed by atoms with Gasteiger partial charge >= 0.3 is 5.97 Å². The Labute approximate surface area is 133 Å². The third-order valence-corrected chi connectivity index (χ3v) is 2.48. The summed E-state index contributed by atoms with van der Waals surface area (Å²) in [5, 5.41) is 11.7. The van der Waals surface area contributed by atoms with Gasteiger partial charge in [0.2, 0.25) is 0 Å². The normalized spacial score (nSPS) is 11.8. The van der Waals surface area contributed by atoms with Crippen LogP contribution in [0.5, 0.6) is 0 Å². The van der Waals surface area contributed by atoms with Crippen LogP contribution in [-0.2, 0) is 23.7 Å². The molecule has 0 aromatic rings. The lowest BCUT2D eigenvalue weighted by Gasteiger charge is -2.20. The molecular weight excluding hydrogens is 290 g/mol. The van der Waals surface area contributed by atoms with Crippen molar-refractivity contribution in [3.8, 4) is 0 Å². The second-order valence-electron chi connectivity index (χ2n) is 5.77. The number of carbonyl (C=O) groups is 1. The van der Waals surface area contributed by atoms with Gasteiger partial charge in [-0.1, -0.05) is 0 Å². The van der Waals surface area contributed by atoms with Crippen LogP contribution in [0.1, 0.15) is 27.2 Å². The number of hydrogen-bond donors (Lipinski definition) is 2. The Morgan fingerprint density at radius 2 is 1.23 bits per heavy atom. The van der Waals surface area contributed by atoms with E-state index in [0.717, 1.165) is 6.54 Å². The van der Waals surface area contributed by atoms with Gasteiger partial charge in [0.25, 0.3) is 0 Å². The minimum atomic E-state index is -0.856. The molecule has 7 heteroatoms. The fourth-order valence-electron chi connectivity index (χ4n) is 1.42. The van der Waals surface area contributed by atoms with Crippen LogP contribution >= 0.6 is 0 Å². The highest BCUT2D eigenvalue weighted by Crippen LogP contribution is 1.96. The van der Waals surface area contributed by atoms with Crippen molar-refractivity contribution in [2.24, 2.45) is 0 Å². The van der Waals surface area contributed by atoms with Crippen molar-refractivity contribution in [2.75, 3.05) is 59.4 Å². The Balaban J connectivity index is 3.04. The first-order valence-corrected chi connectivity index (χ1v) is 7.69. The van der Waals surface area contributed by atoms with Crippen LogP contribution in [0, 0.1) is 0 Å². The quantitative estimate of drug-likeness (QED) is 0.434. The topological polar surface area (TPSA) is 86.3 Å². The van der Waals surface area contributed by atoms with Crippen LogP contribution in [0.2, 0.25) is 0 Å². The lowest BCUT2D eigenvalue weighted by molar-refractivity contribution is -0.138. The molecule has 132 valence electrons. The van der Waals surface area contributed by atoms with Crippen molar-refractivity contribution >= 4 is 5.97 Å². The zero-order chi connectivity index (χ0) is 16.7. The van der Waals surface area contributed by atoms with Gasteiger partial charge in [0, 0.05) is 12.1 Å². The largest absolute Gasteiger partial charge is 0.481 e. The molecule has 22 heavy (non-hydrogen) atoms. The third-order valence-electron chi connectivity index (χ3n) is 2.48. The molecule has 0 atom stereocenters. The van der Waals surface area contributed by atoms with E-state index in [4.69, 9.17) is 24.1 Å². The van der Waals surface area contributed by atoms with Crippen molar-refractivity contribution in [1.29, 1.82) is 0 Å². The minimum Gasteiger partial charge on any atom is -0.481 e. The SMILES string of the molecule is CC(C)(C)NCCOCCOCCOCCOCCC(=O)O. The van der Waals surface area contributed by atoms with Gasteiger partial charge < -0.3 is 29.4 Å². The summed E-state index contributed by atoms with van der Waals surface area (Å²) in [6, 6.07) is 0. The van der Waals surface area contributed by atoms with Gasteiger partial charge in [0.15, 0.2) is 0 Å². The van der Waals surface area contributed by atoms with Crippen LogP contribution in [0.4, 0.5) is 0 Å². The van der Waals surface area contributed by atoms with Crippen molar-refractivity contribution < 1.29 is 28.8 Å². The Bertz CT molecular complexity index is 267. The maximum atomic E-state index is 10.2. The molecule has 7 nitrogen and oxygen atoms in total. The molecule has 0 spiro atoms. The third kappa shape index (κ3) is 19.3. The number of carboxylic acids is 1. The van der Waals surface area contributed by atoms with Crippen LogP contribution in [0.3, 0.4) is 0 Å². The molecule has 0 unspecified atom stereocenters. The van der Waals surface area contributed by atoms with Crippen molar-refractivity contribution in [1.82, 2.24) is 5.32 Å². The number of hydrogen-bond acceptors (Lipinski definition) is 6. The van der Waals surface area contributed by atoms with Gasteiger partial charge in [-0.05, 0) is 20.8 Å². The second-order valence-corrected chi connectivity index (χ2v) is 5.77. The second kappa shape index (κ2) is 13.9. The molecule has 0 heterocycles. The average Bonchev–Trinajstić information content (AvgIpc) is 2.41. The van der Waals surface area contributed by atoms with Crippen LogP contribution in [-0.4, -0.2) is 76.0 Å². The molecule has 2 N–H and O–H groups in total. The van der Waals surface area contributed by atoms with Crippen molar-refractivity contribution in [3.63, 3.8) is 0 Å². The Morgan fingerprint density at radius 3 is 1.64 bits per heavy atom. The van der Waals surface area contributed by atoms with Crippen LogP contribution in [0.25, 0.3) is 0 Å². The molecule has 0 bridgehead atoms. The summed E-state index contributed by atoms with van der Waals surface area (Å²) < 4.78 is 21.1. The van der Waals surface area contributed by atoms with Gasteiger partial charge in [-0.3, -0.25) is 4.79 Å². The molecule has 0 aliphatic heterocycles. The Hall–Kier alpha value is -0.730. The maximum Gasteiger partial charge on any atom is 0.305 e. The van der Waals surface area contributed by atoms with Crippen molar-refractivity contribution in [3.05, 3.63) is 0 Å². The average molecular weight is 321 g/mol. The molecule has 0 fully saturated rings. The maximum absolute atomic E-state index is 10.2. The fraction of sp³-hybridized carbons (Fsp3) is 0.933. The van der Waals surface area contributed by atoms with Crippen LogP contribution < -0.4 is 5.32 Å². The Morgan fingerprint density at radius 1 is 0.818 bits per heavy atom. The van der Waals surface area contributed by atoms with E-state index in [9.17, 15) is 4.79 Å². The van der Waals surface area contributed by atoms with Gasteiger partial charge in [0.1, 0.15) is 0 Å². The number of aliphatic carboxylic acids is 1. The first-order chi connectivity index (χ1) is 10.4. The van der Waals surface area contributed by atoms with E-state index in [0.29, 0.717) is 46.2 Å². The molecule has 0 aromatic heterocycles. The molecule has 0 aliphatic rings. The smallest absolute Gasteiger partial charge is 0.305 e. The molecule has 0 aliphatic carbocycles. The standard InChI is InChI=1S/C15H31NO6/c1-15(2,3)16-5-7-20-9-11-22-13-12-21-10-8-19-6-4-14(17)18/h16H,4-13H2,1-3H3,(H,17,18). The molecule has 0 amide bonds. The van der Waals surface area contributed by atoms with E-state index in [1.165, 1.54) is 0 Å². The molecule has 0 rings (SSSR count). The lowest BCUT2D eigenvalue weighted by atomic mass is 10.1. The first kappa shape index (κ1) is 21.3. The summed E-state index contributed by atoms with van der Waals surface area (Å²) >= 11 is 0. The monoisotopic (exact) mass is 321 g/mol. The molecule has 0 saturated carbocycles. The van der Waals surface area contributed by atoms with E-state index in [1.807, 2.05) is 0 Å².